The predicted octanol–water partition coefficient (Wildman–Crippen LogP) is -0.507. The lowest BCUT2D eigenvalue weighted by molar-refractivity contribution is 0.0572. The number of hydrogen-bond donors (Lipinski definition) is 3. The molecule has 3 N–H and O–H groups in total. The molecule has 1 saturated heterocycles. The van der Waals surface area contributed by atoms with E-state index in [9.17, 15) is 23.4 Å². The topological polar surface area (TPSA) is 120 Å². The van der Waals surface area contributed by atoms with Gasteiger partial charge in [0.2, 0.25) is 10.0 Å². The normalized spacial score (nSPS) is 23.9. The van der Waals surface area contributed by atoms with Crippen LogP contribution in [0, 0.1) is 0 Å². The number of aliphatic hydroxyl groups is 2. The Hall–Kier alpha value is -1.42. The van der Waals surface area contributed by atoms with Crippen LogP contribution in [0.4, 0.5) is 0 Å². The molecule has 0 bridgehead atoms. The lowest BCUT2D eigenvalue weighted by Gasteiger charge is -2.14. The number of aromatic nitrogens is 1. The molecular formula is C12H18N2O6S. The Balaban J connectivity index is 2.42. The fraction of sp³-hybridized carbons (Fsp3) is 0.583. The van der Waals surface area contributed by atoms with Crippen molar-refractivity contribution in [1.82, 2.24) is 8.87 Å². The van der Waals surface area contributed by atoms with Crippen LogP contribution in [0.2, 0.25) is 0 Å². The molecule has 1 aromatic rings. The summed E-state index contributed by atoms with van der Waals surface area (Å²) in [6, 6.07) is 0.879. The minimum atomic E-state index is -3.94. The highest BCUT2D eigenvalue weighted by atomic mass is 32.2. The largest absolute Gasteiger partial charge is 0.477 e. The fourth-order valence-electron chi connectivity index (χ4n) is 2.27. The number of aromatic carboxylic acids is 1. The van der Waals surface area contributed by atoms with Crippen molar-refractivity contribution in [3.05, 3.63) is 18.0 Å². The summed E-state index contributed by atoms with van der Waals surface area (Å²) in [5, 5.41) is 28.1. The molecule has 0 aliphatic carbocycles. The summed E-state index contributed by atoms with van der Waals surface area (Å²) in [6.07, 6.45) is -1.00. The molecule has 0 radical (unpaired) electrons. The van der Waals surface area contributed by atoms with Crippen molar-refractivity contribution in [1.29, 1.82) is 0 Å². The Morgan fingerprint density at radius 3 is 2.19 bits per heavy atom. The van der Waals surface area contributed by atoms with Gasteiger partial charge in [-0.3, -0.25) is 0 Å². The smallest absolute Gasteiger partial charge is 0.352 e. The number of aliphatic hydroxyl groups excluding tert-OH is 2. The van der Waals surface area contributed by atoms with Crippen LogP contribution in [0.25, 0.3) is 0 Å². The van der Waals surface area contributed by atoms with Gasteiger partial charge in [0.05, 0.1) is 12.2 Å². The minimum absolute atomic E-state index is 0.121. The molecule has 2 unspecified atom stereocenters. The number of carbonyl (C=O) groups is 1. The molecule has 9 heteroatoms. The van der Waals surface area contributed by atoms with Gasteiger partial charge in [-0.2, -0.15) is 4.31 Å². The SMILES string of the molecule is CC(C)n1cc(S(=O)(=O)N2CC(O)C(O)C2)cc1C(=O)O. The predicted molar refractivity (Wildman–Crippen MR) is 72.5 cm³/mol. The molecule has 1 fully saturated rings. The zero-order valence-electron chi connectivity index (χ0n) is 11.7. The quantitative estimate of drug-likeness (QED) is 0.688. The van der Waals surface area contributed by atoms with Crippen LogP contribution in [0.5, 0.6) is 0 Å². The Morgan fingerprint density at radius 1 is 1.29 bits per heavy atom. The molecule has 2 heterocycles. The summed E-state index contributed by atoms with van der Waals surface area (Å²) in [5.41, 5.74) is -0.121. The summed E-state index contributed by atoms with van der Waals surface area (Å²) < 4.78 is 27.2. The molecule has 2 rings (SSSR count). The van der Waals surface area contributed by atoms with E-state index in [0.29, 0.717) is 0 Å². The summed E-state index contributed by atoms with van der Waals surface area (Å²) in [6.45, 7) is 3.07. The average molecular weight is 318 g/mol. The van der Waals surface area contributed by atoms with Gasteiger partial charge in [0.25, 0.3) is 0 Å². The second-order valence-electron chi connectivity index (χ2n) is 5.32. The van der Waals surface area contributed by atoms with Crippen LogP contribution < -0.4 is 0 Å². The first kappa shape index (κ1) is 16.0. The Kier molecular flexibility index (Phi) is 4.11. The van der Waals surface area contributed by atoms with E-state index < -0.39 is 28.2 Å². The third kappa shape index (κ3) is 2.82. The van der Waals surface area contributed by atoms with Crippen LogP contribution >= 0.6 is 0 Å². The van der Waals surface area contributed by atoms with E-state index in [4.69, 9.17) is 5.11 Å². The molecule has 0 spiro atoms. The molecule has 0 aromatic carbocycles. The molecule has 1 aliphatic rings. The second kappa shape index (κ2) is 5.41. The standard InChI is InChI=1S/C12H18N2O6S/c1-7(2)14-4-8(3-9(14)12(17)18)21(19,20)13-5-10(15)11(16)6-13/h3-4,7,10-11,15-16H,5-6H2,1-2H3,(H,17,18). The lowest BCUT2D eigenvalue weighted by atomic mass is 10.3. The maximum Gasteiger partial charge on any atom is 0.352 e. The molecular weight excluding hydrogens is 300 g/mol. The van der Waals surface area contributed by atoms with Crippen LogP contribution in [-0.4, -0.2) is 63.9 Å². The number of carboxylic acids is 1. The van der Waals surface area contributed by atoms with Crippen molar-refractivity contribution in [3.8, 4) is 0 Å². The maximum atomic E-state index is 12.4. The number of sulfonamides is 1. The van der Waals surface area contributed by atoms with Gasteiger partial charge >= 0.3 is 5.97 Å². The number of carboxylic acid groups (broad SMARTS) is 1. The van der Waals surface area contributed by atoms with Crippen LogP contribution in [-0.2, 0) is 10.0 Å². The van der Waals surface area contributed by atoms with E-state index in [1.165, 1.54) is 10.8 Å². The Labute approximate surface area is 122 Å². The number of nitrogens with zero attached hydrogens (tertiary/aromatic N) is 2. The van der Waals surface area contributed by atoms with Crippen LogP contribution in [0.3, 0.4) is 0 Å². The van der Waals surface area contributed by atoms with Crippen LogP contribution in [0.15, 0.2) is 17.2 Å². The highest BCUT2D eigenvalue weighted by molar-refractivity contribution is 7.89. The summed E-state index contributed by atoms with van der Waals surface area (Å²) in [4.78, 5) is 11.0. The van der Waals surface area contributed by atoms with Gasteiger partial charge in [-0.1, -0.05) is 0 Å². The van der Waals surface area contributed by atoms with E-state index in [1.54, 1.807) is 13.8 Å². The van der Waals surface area contributed by atoms with E-state index >= 15 is 0 Å². The second-order valence-corrected chi connectivity index (χ2v) is 7.26. The van der Waals surface area contributed by atoms with Gasteiger partial charge in [0.1, 0.15) is 10.6 Å². The maximum absolute atomic E-state index is 12.4. The average Bonchev–Trinajstić information content (AvgIpc) is 2.95. The first-order chi connectivity index (χ1) is 9.64. The number of β-amino-alcohol motifs (C(OH)–C–C–N with tert-alkyl or cyclic N) is 2. The molecule has 1 aromatic heterocycles. The third-order valence-corrected chi connectivity index (χ3v) is 5.26. The zero-order chi connectivity index (χ0) is 15.9. The van der Waals surface area contributed by atoms with Gasteiger partial charge in [0, 0.05) is 25.3 Å². The molecule has 0 saturated carbocycles. The van der Waals surface area contributed by atoms with Gasteiger partial charge < -0.3 is 19.9 Å². The van der Waals surface area contributed by atoms with Crippen molar-refractivity contribution in [3.63, 3.8) is 0 Å². The molecule has 8 nitrogen and oxygen atoms in total. The van der Waals surface area contributed by atoms with Crippen molar-refractivity contribution in [2.75, 3.05) is 13.1 Å². The monoisotopic (exact) mass is 318 g/mol. The Morgan fingerprint density at radius 2 is 1.81 bits per heavy atom. The zero-order valence-corrected chi connectivity index (χ0v) is 12.5. The van der Waals surface area contributed by atoms with E-state index in [0.717, 1.165) is 10.4 Å². The lowest BCUT2D eigenvalue weighted by Crippen LogP contribution is -2.29. The molecule has 0 amide bonds. The van der Waals surface area contributed by atoms with Crippen molar-refractivity contribution in [2.24, 2.45) is 0 Å². The van der Waals surface area contributed by atoms with E-state index in [1.807, 2.05) is 0 Å². The summed E-state index contributed by atoms with van der Waals surface area (Å²) in [5.74, 6) is -1.22. The first-order valence-electron chi connectivity index (χ1n) is 6.46. The number of rotatable bonds is 4. The minimum Gasteiger partial charge on any atom is -0.477 e. The van der Waals surface area contributed by atoms with Crippen molar-refractivity contribution >= 4 is 16.0 Å². The molecule has 2 atom stereocenters. The van der Waals surface area contributed by atoms with E-state index in [2.05, 4.69) is 0 Å². The summed E-state index contributed by atoms with van der Waals surface area (Å²) in [7, 11) is -3.94. The highest BCUT2D eigenvalue weighted by Crippen LogP contribution is 2.25. The number of hydrogen-bond acceptors (Lipinski definition) is 5. The van der Waals surface area contributed by atoms with Gasteiger partial charge in [0.15, 0.2) is 0 Å². The fourth-order valence-corrected chi connectivity index (χ4v) is 3.78. The van der Waals surface area contributed by atoms with Gasteiger partial charge in [-0.25, -0.2) is 13.2 Å². The highest BCUT2D eigenvalue weighted by Gasteiger charge is 2.38. The van der Waals surface area contributed by atoms with Gasteiger partial charge in [-0.15, -0.1) is 0 Å². The van der Waals surface area contributed by atoms with Crippen molar-refractivity contribution < 1.29 is 28.5 Å². The molecule has 1 aliphatic heterocycles. The Bertz CT molecular complexity index is 641. The van der Waals surface area contributed by atoms with E-state index in [-0.39, 0.29) is 29.7 Å². The first-order valence-corrected chi connectivity index (χ1v) is 7.90. The third-order valence-electron chi connectivity index (χ3n) is 3.46. The molecule has 21 heavy (non-hydrogen) atoms. The molecule has 118 valence electrons. The van der Waals surface area contributed by atoms with Gasteiger partial charge in [-0.05, 0) is 19.9 Å². The van der Waals surface area contributed by atoms with Crippen molar-refractivity contribution in [2.45, 2.75) is 37.0 Å². The van der Waals surface area contributed by atoms with Crippen LogP contribution in [0.1, 0.15) is 30.4 Å². The summed E-state index contributed by atoms with van der Waals surface area (Å²) >= 11 is 0.